The van der Waals surface area contributed by atoms with Gasteiger partial charge in [0.2, 0.25) is 5.95 Å². The van der Waals surface area contributed by atoms with Gasteiger partial charge in [0.1, 0.15) is 5.82 Å². The summed E-state index contributed by atoms with van der Waals surface area (Å²) in [5, 5.41) is 2.97. The molecule has 0 atom stereocenters. The highest BCUT2D eigenvalue weighted by Crippen LogP contribution is 2.29. The summed E-state index contributed by atoms with van der Waals surface area (Å²) in [5.74, 6) is 2.46. The second kappa shape index (κ2) is 5.67. The van der Waals surface area contributed by atoms with Crippen LogP contribution in [-0.2, 0) is 0 Å². The van der Waals surface area contributed by atoms with Crippen molar-refractivity contribution in [2.75, 3.05) is 30.9 Å². The predicted molar refractivity (Wildman–Crippen MR) is 74.5 cm³/mol. The van der Waals surface area contributed by atoms with Gasteiger partial charge < -0.3 is 10.2 Å². The van der Waals surface area contributed by atoms with Crippen LogP contribution in [0.3, 0.4) is 0 Å². The minimum atomic E-state index is 0.668. The van der Waals surface area contributed by atoms with Crippen LogP contribution in [0.4, 0.5) is 11.8 Å². The summed E-state index contributed by atoms with van der Waals surface area (Å²) >= 11 is 3.52. The molecule has 0 aliphatic heterocycles. The van der Waals surface area contributed by atoms with Crippen LogP contribution in [0.2, 0.25) is 0 Å². The van der Waals surface area contributed by atoms with Crippen molar-refractivity contribution in [1.29, 1.82) is 0 Å². The maximum absolute atomic E-state index is 4.49. The van der Waals surface area contributed by atoms with Crippen LogP contribution < -0.4 is 10.2 Å². The second-order valence-corrected chi connectivity index (χ2v) is 5.50. The summed E-state index contributed by atoms with van der Waals surface area (Å²) in [5.41, 5.74) is 0. The molecule has 1 aliphatic rings. The molecule has 1 fully saturated rings. The highest BCUT2D eigenvalue weighted by Gasteiger charge is 2.19. The zero-order chi connectivity index (χ0) is 12.3. The highest BCUT2D eigenvalue weighted by atomic mass is 79.9. The number of halogens is 1. The first-order valence-corrected chi connectivity index (χ1v) is 6.91. The highest BCUT2D eigenvalue weighted by molar-refractivity contribution is 9.10. The normalized spacial score (nSPS) is 16.2. The first kappa shape index (κ1) is 12.6. The van der Waals surface area contributed by atoms with Crippen LogP contribution in [0.5, 0.6) is 0 Å². The summed E-state index contributed by atoms with van der Waals surface area (Å²) in [4.78, 5) is 10.9. The SMILES string of the molecule is CNc1ncc(Br)c(N(C)CC2CCCC2)n1. The molecule has 0 bridgehead atoms. The van der Waals surface area contributed by atoms with Gasteiger partial charge in [-0.2, -0.15) is 4.98 Å². The summed E-state index contributed by atoms with van der Waals surface area (Å²) in [6, 6.07) is 0. The van der Waals surface area contributed by atoms with Crippen molar-refractivity contribution in [3.05, 3.63) is 10.7 Å². The fourth-order valence-corrected chi connectivity index (χ4v) is 2.91. The average molecular weight is 299 g/mol. The van der Waals surface area contributed by atoms with Crippen molar-refractivity contribution >= 4 is 27.7 Å². The molecule has 17 heavy (non-hydrogen) atoms. The molecule has 0 saturated heterocycles. The van der Waals surface area contributed by atoms with E-state index in [1.54, 1.807) is 6.20 Å². The number of rotatable bonds is 4. The van der Waals surface area contributed by atoms with E-state index < -0.39 is 0 Å². The third-order valence-corrected chi connectivity index (χ3v) is 3.88. The van der Waals surface area contributed by atoms with Crippen LogP contribution in [0, 0.1) is 5.92 Å². The van der Waals surface area contributed by atoms with Crippen LogP contribution in [0.15, 0.2) is 10.7 Å². The molecule has 1 aromatic rings. The Labute approximate surface area is 111 Å². The lowest BCUT2D eigenvalue weighted by atomic mass is 10.1. The first-order chi connectivity index (χ1) is 8.20. The Morgan fingerprint density at radius 1 is 1.47 bits per heavy atom. The Bertz CT molecular complexity index is 377. The smallest absolute Gasteiger partial charge is 0.224 e. The summed E-state index contributed by atoms with van der Waals surface area (Å²) in [6.45, 7) is 1.08. The van der Waals surface area contributed by atoms with Gasteiger partial charge in [-0.05, 0) is 34.7 Å². The van der Waals surface area contributed by atoms with Crippen molar-refractivity contribution in [1.82, 2.24) is 9.97 Å². The van der Waals surface area contributed by atoms with E-state index >= 15 is 0 Å². The van der Waals surface area contributed by atoms with Gasteiger partial charge in [-0.15, -0.1) is 0 Å². The fraction of sp³-hybridized carbons (Fsp3) is 0.667. The Morgan fingerprint density at radius 3 is 2.82 bits per heavy atom. The van der Waals surface area contributed by atoms with Crippen LogP contribution in [0.1, 0.15) is 25.7 Å². The van der Waals surface area contributed by atoms with Gasteiger partial charge >= 0.3 is 0 Å². The van der Waals surface area contributed by atoms with Gasteiger partial charge in [0.25, 0.3) is 0 Å². The van der Waals surface area contributed by atoms with Gasteiger partial charge in [0, 0.05) is 26.8 Å². The summed E-state index contributed by atoms with van der Waals surface area (Å²) < 4.78 is 0.956. The van der Waals surface area contributed by atoms with Gasteiger partial charge in [-0.1, -0.05) is 12.8 Å². The largest absolute Gasteiger partial charge is 0.358 e. The molecule has 1 saturated carbocycles. The standard InChI is InChI=1S/C12H19BrN4/c1-14-12-15-7-10(13)11(16-12)17(2)8-9-5-3-4-6-9/h7,9H,3-6,8H2,1-2H3,(H,14,15,16). The Kier molecular flexibility index (Phi) is 4.20. The molecule has 1 N–H and O–H groups in total. The lowest BCUT2D eigenvalue weighted by Crippen LogP contribution is -2.25. The summed E-state index contributed by atoms with van der Waals surface area (Å²) in [7, 11) is 3.94. The zero-order valence-electron chi connectivity index (χ0n) is 10.4. The van der Waals surface area contributed by atoms with Crippen molar-refractivity contribution in [2.24, 2.45) is 5.92 Å². The third kappa shape index (κ3) is 3.09. The Hall–Kier alpha value is -0.840. The number of hydrogen-bond acceptors (Lipinski definition) is 4. The lowest BCUT2D eigenvalue weighted by molar-refractivity contribution is 0.544. The van der Waals surface area contributed by atoms with E-state index in [9.17, 15) is 0 Å². The number of nitrogens with one attached hydrogen (secondary N) is 1. The number of hydrogen-bond donors (Lipinski definition) is 1. The van der Waals surface area contributed by atoms with E-state index in [1.165, 1.54) is 25.7 Å². The predicted octanol–water partition coefficient (Wildman–Crippen LogP) is 2.91. The Balaban J connectivity index is 2.08. The number of anilines is 2. The molecule has 4 nitrogen and oxygen atoms in total. The topological polar surface area (TPSA) is 41.1 Å². The van der Waals surface area contributed by atoms with Gasteiger partial charge in [0.15, 0.2) is 0 Å². The minimum Gasteiger partial charge on any atom is -0.358 e. The zero-order valence-corrected chi connectivity index (χ0v) is 12.0. The molecule has 5 heteroatoms. The molecule has 1 aliphatic carbocycles. The first-order valence-electron chi connectivity index (χ1n) is 6.12. The monoisotopic (exact) mass is 298 g/mol. The molecule has 0 aromatic carbocycles. The van der Waals surface area contributed by atoms with Crippen LogP contribution in [-0.4, -0.2) is 30.6 Å². The van der Waals surface area contributed by atoms with Crippen LogP contribution >= 0.6 is 15.9 Å². The van der Waals surface area contributed by atoms with E-state index in [4.69, 9.17) is 0 Å². The molecule has 1 heterocycles. The van der Waals surface area contributed by atoms with Crippen LogP contribution in [0.25, 0.3) is 0 Å². The van der Waals surface area contributed by atoms with E-state index in [1.807, 2.05) is 7.05 Å². The molecule has 0 amide bonds. The minimum absolute atomic E-state index is 0.668. The van der Waals surface area contributed by atoms with Crippen molar-refractivity contribution in [3.8, 4) is 0 Å². The van der Waals surface area contributed by atoms with Gasteiger partial charge in [-0.3, -0.25) is 0 Å². The second-order valence-electron chi connectivity index (χ2n) is 4.65. The quantitative estimate of drug-likeness (QED) is 0.928. The number of aromatic nitrogens is 2. The van der Waals surface area contributed by atoms with Crippen molar-refractivity contribution < 1.29 is 0 Å². The van der Waals surface area contributed by atoms with E-state index in [0.717, 1.165) is 22.8 Å². The molecule has 2 rings (SSSR count). The Morgan fingerprint density at radius 2 is 2.18 bits per heavy atom. The molecular weight excluding hydrogens is 280 g/mol. The molecule has 0 radical (unpaired) electrons. The molecule has 0 spiro atoms. The average Bonchev–Trinajstić information content (AvgIpc) is 2.82. The fourth-order valence-electron chi connectivity index (χ4n) is 2.41. The maximum Gasteiger partial charge on any atom is 0.224 e. The summed E-state index contributed by atoms with van der Waals surface area (Å²) in [6.07, 6.45) is 7.27. The van der Waals surface area contributed by atoms with Crippen molar-refractivity contribution in [3.63, 3.8) is 0 Å². The number of nitrogens with zero attached hydrogens (tertiary/aromatic N) is 3. The molecule has 0 unspecified atom stereocenters. The van der Waals surface area contributed by atoms with E-state index in [2.05, 4.69) is 43.2 Å². The lowest BCUT2D eigenvalue weighted by Gasteiger charge is -2.23. The van der Waals surface area contributed by atoms with Gasteiger partial charge in [0.05, 0.1) is 4.47 Å². The van der Waals surface area contributed by atoms with E-state index in [0.29, 0.717) is 5.95 Å². The third-order valence-electron chi connectivity index (χ3n) is 3.32. The molecule has 94 valence electrons. The van der Waals surface area contributed by atoms with E-state index in [-0.39, 0.29) is 0 Å². The molecule has 1 aromatic heterocycles. The van der Waals surface area contributed by atoms with Crippen molar-refractivity contribution in [2.45, 2.75) is 25.7 Å². The molecular formula is C12H19BrN4. The maximum atomic E-state index is 4.49. The van der Waals surface area contributed by atoms with Gasteiger partial charge in [-0.25, -0.2) is 4.98 Å².